The van der Waals surface area contributed by atoms with Gasteiger partial charge in [0.1, 0.15) is 6.79 Å². The maximum Gasteiger partial charge on any atom is 0.387 e. The highest BCUT2D eigenvalue weighted by molar-refractivity contribution is 6.76. The Bertz CT molecular complexity index is 936. The van der Waals surface area contributed by atoms with Crippen LogP contribution in [0.15, 0.2) is 36.4 Å². The second-order valence-corrected chi connectivity index (χ2v) is 15.3. The second-order valence-electron chi connectivity index (χ2n) is 9.42. The molecule has 0 aliphatic heterocycles. The molecule has 0 bridgehead atoms. The Morgan fingerprint density at radius 3 is 2.15 bits per heavy atom. The Morgan fingerprint density at radius 1 is 0.912 bits per heavy atom. The quantitative estimate of drug-likeness (QED) is 0.0882. The van der Waals surface area contributed by atoms with Gasteiger partial charge in [-0.3, -0.25) is 0 Å². The van der Waals surface area contributed by atoms with Gasteiger partial charge in [0.25, 0.3) is 0 Å². The topological polar surface area (TPSA) is 36.9 Å². The van der Waals surface area contributed by atoms with Crippen molar-refractivity contribution in [2.24, 2.45) is 0 Å². The number of benzene rings is 2. The summed E-state index contributed by atoms with van der Waals surface area (Å²) in [6.07, 6.45) is 0. The van der Waals surface area contributed by atoms with Crippen molar-refractivity contribution in [3.63, 3.8) is 0 Å². The van der Waals surface area contributed by atoms with E-state index >= 15 is 0 Å². The van der Waals surface area contributed by atoms with E-state index in [1.807, 2.05) is 32.0 Å². The Morgan fingerprint density at radius 2 is 1.56 bits per heavy atom. The fourth-order valence-corrected chi connectivity index (χ4v) is 4.09. The molecule has 0 heterocycles. The predicted octanol–water partition coefficient (Wildman–Crippen LogP) is 7.86. The molecule has 0 saturated heterocycles. The Hall–Kier alpha value is -1.81. The minimum atomic E-state index is -3.21. The zero-order valence-corrected chi connectivity index (χ0v) is 21.7. The molecule has 0 amide bonds. The fourth-order valence-electron chi connectivity index (χ4n) is 3.10. The van der Waals surface area contributed by atoms with E-state index in [0.29, 0.717) is 17.7 Å². The summed E-state index contributed by atoms with van der Waals surface area (Å²) in [5, 5.41) is 0. The molecule has 2 aromatic rings. The van der Waals surface area contributed by atoms with Crippen molar-refractivity contribution in [2.75, 3.05) is 13.4 Å². The smallest absolute Gasteiger partial charge is 0.387 e. The van der Waals surface area contributed by atoms with E-state index in [1.165, 1.54) is 12.1 Å². The van der Waals surface area contributed by atoms with E-state index in [-0.39, 0.29) is 12.7 Å². The lowest BCUT2D eigenvalue weighted by molar-refractivity contribution is -0.129. The van der Waals surface area contributed by atoms with Gasteiger partial charge in [-0.2, -0.15) is 17.6 Å². The van der Waals surface area contributed by atoms with Crippen LogP contribution in [-0.4, -0.2) is 34.7 Å². The molecule has 4 nitrogen and oxygen atoms in total. The molecule has 0 aliphatic rings. The molecule has 0 radical (unpaired) electrons. The van der Waals surface area contributed by atoms with Gasteiger partial charge in [-0.25, -0.2) is 0 Å². The van der Waals surface area contributed by atoms with Crippen LogP contribution in [-0.2, 0) is 21.0 Å². The van der Waals surface area contributed by atoms with Gasteiger partial charge < -0.3 is 18.9 Å². The molecular formula is C24H31ClF4O4Si. The molecule has 0 saturated carbocycles. The van der Waals surface area contributed by atoms with Crippen LogP contribution in [0.2, 0.25) is 25.7 Å². The van der Waals surface area contributed by atoms with Gasteiger partial charge in [0, 0.05) is 20.6 Å². The maximum atomic E-state index is 12.9. The van der Waals surface area contributed by atoms with Crippen molar-refractivity contribution < 1.29 is 36.5 Å². The van der Waals surface area contributed by atoms with Gasteiger partial charge in [-0.15, -0.1) is 11.6 Å². The van der Waals surface area contributed by atoms with Gasteiger partial charge in [-0.1, -0.05) is 37.8 Å². The molecule has 0 spiro atoms. The molecule has 0 aliphatic carbocycles. The van der Waals surface area contributed by atoms with E-state index in [9.17, 15) is 17.6 Å². The summed E-state index contributed by atoms with van der Waals surface area (Å²) < 4.78 is 71.4. The van der Waals surface area contributed by atoms with Crippen molar-refractivity contribution in [2.45, 2.75) is 64.2 Å². The van der Waals surface area contributed by atoms with Crippen LogP contribution in [0, 0.1) is 0 Å². The molecule has 2 aromatic carbocycles. The third-order valence-electron chi connectivity index (χ3n) is 5.14. The number of alkyl halides is 5. The van der Waals surface area contributed by atoms with Crippen LogP contribution >= 0.6 is 11.6 Å². The SMILES string of the molecule is CC(C)(OCOCC[Si](C)(C)C)c1ccc(CCl)c(-c2ccc(OC(F)F)c(OC(F)F)c2)c1. The summed E-state index contributed by atoms with van der Waals surface area (Å²) in [6.45, 7) is 4.94. The van der Waals surface area contributed by atoms with E-state index < -0.39 is 38.4 Å². The Labute approximate surface area is 204 Å². The monoisotopic (exact) mass is 522 g/mol. The van der Waals surface area contributed by atoms with Crippen molar-refractivity contribution in [1.82, 2.24) is 0 Å². The summed E-state index contributed by atoms with van der Waals surface area (Å²) in [4.78, 5) is 0. The van der Waals surface area contributed by atoms with E-state index in [0.717, 1.165) is 23.2 Å². The number of hydrogen-bond donors (Lipinski definition) is 0. The van der Waals surface area contributed by atoms with Crippen LogP contribution in [0.5, 0.6) is 11.5 Å². The van der Waals surface area contributed by atoms with E-state index in [4.69, 9.17) is 21.1 Å². The van der Waals surface area contributed by atoms with Gasteiger partial charge in [0.2, 0.25) is 0 Å². The summed E-state index contributed by atoms with van der Waals surface area (Å²) >= 11 is 6.10. The number of hydrogen-bond acceptors (Lipinski definition) is 4. The molecule has 190 valence electrons. The lowest BCUT2D eigenvalue weighted by Gasteiger charge is -2.27. The lowest BCUT2D eigenvalue weighted by Crippen LogP contribution is -2.25. The van der Waals surface area contributed by atoms with Gasteiger partial charge in [0.05, 0.1) is 5.60 Å². The zero-order chi connectivity index (χ0) is 25.5. The molecule has 0 aromatic heterocycles. The molecule has 10 heteroatoms. The summed E-state index contributed by atoms with van der Waals surface area (Å²) in [5.41, 5.74) is 1.88. The van der Waals surface area contributed by atoms with Gasteiger partial charge in [-0.05, 0) is 60.3 Å². The van der Waals surface area contributed by atoms with Crippen molar-refractivity contribution in [1.29, 1.82) is 0 Å². The van der Waals surface area contributed by atoms with Gasteiger partial charge >= 0.3 is 13.2 Å². The van der Waals surface area contributed by atoms with Crippen molar-refractivity contribution in [3.8, 4) is 22.6 Å². The fraction of sp³-hybridized carbons (Fsp3) is 0.500. The molecule has 0 unspecified atom stereocenters. The minimum absolute atomic E-state index is 0.121. The lowest BCUT2D eigenvalue weighted by atomic mass is 9.91. The molecule has 34 heavy (non-hydrogen) atoms. The molecule has 0 N–H and O–H groups in total. The highest BCUT2D eigenvalue weighted by atomic mass is 35.5. The number of halogens is 5. The molecule has 2 rings (SSSR count). The first-order valence-electron chi connectivity index (χ1n) is 10.8. The first-order valence-corrected chi connectivity index (χ1v) is 15.0. The third kappa shape index (κ3) is 8.76. The largest absolute Gasteiger partial charge is 0.431 e. The number of ether oxygens (including phenoxy) is 4. The Kier molecular flexibility index (Phi) is 10.2. The average Bonchev–Trinajstić information content (AvgIpc) is 2.72. The van der Waals surface area contributed by atoms with Crippen molar-refractivity contribution in [3.05, 3.63) is 47.5 Å². The number of rotatable bonds is 13. The predicted molar refractivity (Wildman–Crippen MR) is 128 cm³/mol. The average molecular weight is 523 g/mol. The van der Waals surface area contributed by atoms with E-state index in [2.05, 4.69) is 29.1 Å². The Balaban J connectivity index is 2.30. The first kappa shape index (κ1) is 28.4. The standard InChI is InChI=1S/C24H31ClF4O4Si/c1-24(2,31-15-30-10-11-34(3,4)5)18-8-6-17(14-25)19(13-18)16-7-9-20(32-22(26)27)21(12-16)33-23(28)29/h6-9,12-13,22-23H,10-11,14-15H2,1-5H3. The molecular weight excluding hydrogens is 492 g/mol. The highest BCUT2D eigenvalue weighted by Crippen LogP contribution is 2.38. The second kappa shape index (κ2) is 12.2. The highest BCUT2D eigenvalue weighted by Gasteiger charge is 2.24. The maximum absolute atomic E-state index is 12.9. The molecule has 0 atom stereocenters. The van der Waals surface area contributed by atoms with Crippen LogP contribution in [0.3, 0.4) is 0 Å². The minimum Gasteiger partial charge on any atom is -0.431 e. The summed E-state index contributed by atoms with van der Waals surface area (Å²) in [7, 11) is -1.20. The summed E-state index contributed by atoms with van der Waals surface area (Å²) in [6, 6.07) is 10.4. The van der Waals surface area contributed by atoms with Crippen LogP contribution < -0.4 is 9.47 Å². The van der Waals surface area contributed by atoms with Crippen molar-refractivity contribution >= 4 is 19.7 Å². The van der Waals surface area contributed by atoms with E-state index in [1.54, 1.807) is 0 Å². The first-order chi connectivity index (χ1) is 15.8. The summed E-state index contributed by atoms with van der Waals surface area (Å²) in [5.74, 6) is -0.830. The van der Waals surface area contributed by atoms with Crippen LogP contribution in [0.25, 0.3) is 11.1 Å². The van der Waals surface area contributed by atoms with Crippen LogP contribution in [0.1, 0.15) is 25.0 Å². The normalized spacial score (nSPS) is 12.5. The molecule has 0 fully saturated rings. The van der Waals surface area contributed by atoms with Crippen LogP contribution in [0.4, 0.5) is 17.6 Å². The zero-order valence-electron chi connectivity index (χ0n) is 20.0. The third-order valence-corrected chi connectivity index (χ3v) is 7.13. The van der Waals surface area contributed by atoms with Gasteiger partial charge in [0.15, 0.2) is 11.5 Å².